The minimum absolute atomic E-state index is 0.379. The van der Waals surface area contributed by atoms with Crippen molar-refractivity contribution in [3.05, 3.63) is 29.8 Å². The van der Waals surface area contributed by atoms with Crippen molar-refractivity contribution in [1.82, 2.24) is 5.32 Å². The van der Waals surface area contributed by atoms with Gasteiger partial charge in [0.05, 0.1) is 7.11 Å². The summed E-state index contributed by atoms with van der Waals surface area (Å²) in [7, 11) is 1.73. The molecule has 0 saturated heterocycles. The molecule has 1 aliphatic rings. The van der Waals surface area contributed by atoms with Gasteiger partial charge >= 0.3 is 0 Å². The highest BCUT2D eigenvalue weighted by Gasteiger charge is 2.20. The summed E-state index contributed by atoms with van der Waals surface area (Å²) < 4.78 is 5.41. The van der Waals surface area contributed by atoms with Gasteiger partial charge in [-0.2, -0.15) is 0 Å². The summed E-state index contributed by atoms with van der Waals surface area (Å²) in [6.07, 6.45) is 5.79. The van der Waals surface area contributed by atoms with Crippen molar-refractivity contribution in [2.24, 2.45) is 5.73 Å². The van der Waals surface area contributed by atoms with Crippen molar-refractivity contribution < 1.29 is 4.74 Å². The third-order valence-electron chi connectivity index (χ3n) is 3.95. The van der Waals surface area contributed by atoms with Crippen LogP contribution in [0.4, 0.5) is 0 Å². The van der Waals surface area contributed by atoms with Gasteiger partial charge in [0.2, 0.25) is 0 Å². The van der Waals surface area contributed by atoms with E-state index in [1.165, 1.54) is 24.8 Å². The van der Waals surface area contributed by atoms with Gasteiger partial charge in [0, 0.05) is 18.1 Å². The first-order chi connectivity index (χ1) is 9.19. The predicted molar refractivity (Wildman–Crippen MR) is 79.5 cm³/mol. The van der Waals surface area contributed by atoms with Crippen LogP contribution in [-0.2, 0) is 6.42 Å². The maximum atomic E-state index is 6.04. The molecule has 1 saturated carbocycles. The molecule has 3 atom stereocenters. The molecule has 0 bridgehead atoms. The van der Waals surface area contributed by atoms with Gasteiger partial charge < -0.3 is 15.8 Å². The Morgan fingerprint density at radius 2 is 2.16 bits per heavy atom. The molecular formula is C16H26N2O. The SMILES string of the molecule is COc1ccccc1CC(C)NC1CCCC(N)C1. The van der Waals surface area contributed by atoms with E-state index in [1.54, 1.807) is 7.11 Å². The number of benzene rings is 1. The summed E-state index contributed by atoms with van der Waals surface area (Å²) in [5.74, 6) is 0.983. The van der Waals surface area contributed by atoms with Crippen LogP contribution in [0.25, 0.3) is 0 Å². The quantitative estimate of drug-likeness (QED) is 0.857. The topological polar surface area (TPSA) is 47.3 Å². The minimum Gasteiger partial charge on any atom is -0.496 e. The van der Waals surface area contributed by atoms with E-state index < -0.39 is 0 Å². The molecule has 0 spiro atoms. The third-order valence-corrected chi connectivity index (χ3v) is 3.95. The highest BCUT2D eigenvalue weighted by atomic mass is 16.5. The first kappa shape index (κ1) is 14.4. The maximum Gasteiger partial charge on any atom is 0.122 e. The molecule has 1 aromatic rings. The van der Waals surface area contributed by atoms with Gasteiger partial charge in [-0.1, -0.05) is 24.6 Å². The molecule has 1 aliphatic carbocycles. The lowest BCUT2D eigenvalue weighted by molar-refractivity contribution is 0.315. The Bertz CT molecular complexity index is 394. The Balaban J connectivity index is 1.88. The standard InChI is InChI=1S/C16H26N2O/c1-12(18-15-8-5-7-14(17)11-15)10-13-6-3-4-9-16(13)19-2/h3-4,6,9,12,14-15,18H,5,7-8,10-11,17H2,1-2H3. The van der Waals surface area contributed by atoms with E-state index in [4.69, 9.17) is 10.5 Å². The first-order valence-corrected chi connectivity index (χ1v) is 7.32. The second-order valence-corrected chi connectivity index (χ2v) is 5.71. The highest BCUT2D eigenvalue weighted by molar-refractivity contribution is 5.33. The molecule has 3 N–H and O–H groups in total. The number of rotatable bonds is 5. The Kier molecular flexibility index (Phi) is 5.23. The van der Waals surface area contributed by atoms with Gasteiger partial charge in [-0.3, -0.25) is 0 Å². The predicted octanol–water partition coefficient (Wildman–Crippen LogP) is 2.49. The first-order valence-electron chi connectivity index (χ1n) is 7.32. The fourth-order valence-electron chi connectivity index (χ4n) is 3.04. The van der Waals surface area contributed by atoms with Crippen molar-refractivity contribution in [2.75, 3.05) is 7.11 Å². The lowest BCUT2D eigenvalue weighted by Gasteiger charge is -2.30. The average molecular weight is 262 g/mol. The highest BCUT2D eigenvalue weighted by Crippen LogP contribution is 2.21. The van der Waals surface area contributed by atoms with Crippen LogP contribution in [-0.4, -0.2) is 25.2 Å². The number of nitrogens with one attached hydrogen (secondary N) is 1. The largest absolute Gasteiger partial charge is 0.496 e. The Morgan fingerprint density at radius 1 is 1.37 bits per heavy atom. The van der Waals surface area contributed by atoms with E-state index in [-0.39, 0.29) is 0 Å². The molecule has 3 nitrogen and oxygen atoms in total. The zero-order valence-electron chi connectivity index (χ0n) is 12.1. The van der Waals surface area contributed by atoms with Gasteiger partial charge in [0.25, 0.3) is 0 Å². The van der Waals surface area contributed by atoms with E-state index in [2.05, 4.69) is 24.4 Å². The Labute approximate surface area is 116 Å². The number of nitrogens with two attached hydrogens (primary N) is 1. The molecular weight excluding hydrogens is 236 g/mol. The molecule has 1 fully saturated rings. The summed E-state index contributed by atoms with van der Waals surface area (Å²) in [6, 6.07) is 9.66. The summed E-state index contributed by atoms with van der Waals surface area (Å²) in [4.78, 5) is 0. The van der Waals surface area contributed by atoms with Crippen molar-refractivity contribution in [2.45, 2.75) is 57.2 Å². The lowest BCUT2D eigenvalue weighted by atomic mass is 9.91. The van der Waals surface area contributed by atoms with Gasteiger partial charge in [-0.25, -0.2) is 0 Å². The van der Waals surface area contributed by atoms with Crippen LogP contribution in [0.1, 0.15) is 38.2 Å². The molecule has 3 unspecified atom stereocenters. The lowest BCUT2D eigenvalue weighted by Crippen LogP contribution is -2.43. The minimum atomic E-state index is 0.379. The second-order valence-electron chi connectivity index (χ2n) is 5.71. The van der Waals surface area contributed by atoms with Crippen LogP contribution in [0.2, 0.25) is 0 Å². The molecule has 0 amide bonds. The number of para-hydroxylation sites is 1. The van der Waals surface area contributed by atoms with Gasteiger partial charge in [0.15, 0.2) is 0 Å². The smallest absolute Gasteiger partial charge is 0.122 e. The molecule has 19 heavy (non-hydrogen) atoms. The van der Waals surface area contributed by atoms with Gasteiger partial charge in [-0.05, 0) is 44.2 Å². The summed E-state index contributed by atoms with van der Waals surface area (Å²) >= 11 is 0. The molecule has 0 heterocycles. The molecule has 0 aromatic heterocycles. The van der Waals surface area contributed by atoms with E-state index in [0.717, 1.165) is 18.6 Å². The molecule has 2 rings (SSSR count). The van der Waals surface area contributed by atoms with Crippen molar-refractivity contribution >= 4 is 0 Å². The van der Waals surface area contributed by atoms with Crippen molar-refractivity contribution in [1.29, 1.82) is 0 Å². The monoisotopic (exact) mass is 262 g/mol. The number of hydrogen-bond acceptors (Lipinski definition) is 3. The van der Waals surface area contributed by atoms with Gasteiger partial charge in [-0.15, -0.1) is 0 Å². The normalized spacial score (nSPS) is 25.0. The number of ether oxygens (including phenoxy) is 1. The zero-order chi connectivity index (χ0) is 13.7. The summed E-state index contributed by atoms with van der Waals surface area (Å²) in [5.41, 5.74) is 7.31. The van der Waals surface area contributed by atoms with Crippen molar-refractivity contribution in [3.8, 4) is 5.75 Å². The zero-order valence-corrected chi connectivity index (χ0v) is 12.1. The van der Waals surface area contributed by atoms with E-state index in [1.807, 2.05) is 12.1 Å². The van der Waals surface area contributed by atoms with Crippen LogP contribution >= 0.6 is 0 Å². The van der Waals surface area contributed by atoms with Crippen LogP contribution in [0, 0.1) is 0 Å². The van der Waals surface area contributed by atoms with Gasteiger partial charge in [0.1, 0.15) is 5.75 Å². The molecule has 106 valence electrons. The van der Waals surface area contributed by atoms with Crippen LogP contribution < -0.4 is 15.8 Å². The van der Waals surface area contributed by atoms with Crippen LogP contribution in [0.3, 0.4) is 0 Å². The number of methoxy groups -OCH3 is 1. The molecule has 0 radical (unpaired) electrons. The van der Waals surface area contributed by atoms with Crippen LogP contribution in [0.5, 0.6) is 5.75 Å². The summed E-state index contributed by atoms with van der Waals surface area (Å²) in [6.45, 7) is 2.24. The third kappa shape index (κ3) is 4.22. The van der Waals surface area contributed by atoms with Crippen LogP contribution in [0.15, 0.2) is 24.3 Å². The Hall–Kier alpha value is -1.06. The maximum absolute atomic E-state index is 6.04. The molecule has 1 aromatic carbocycles. The van der Waals surface area contributed by atoms with E-state index in [0.29, 0.717) is 18.1 Å². The second kappa shape index (κ2) is 6.92. The fraction of sp³-hybridized carbons (Fsp3) is 0.625. The molecule has 3 heteroatoms. The average Bonchev–Trinajstić information content (AvgIpc) is 2.39. The fourth-order valence-corrected chi connectivity index (χ4v) is 3.04. The van der Waals surface area contributed by atoms with E-state index in [9.17, 15) is 0 Å². The summed E-state index contributed by atoms with van der Waals surface area (Å²) in [5, 5.41) is 3.71. The molecule has 0 aliphatic heterocycles. The Morgan fingerprint density at radius 3 is 2.89 bits per heavy atom. The van der Waals surface area contributed by atoms with Crippen molar-refractivity contribution in [3.63, 3.8) is 0 Å². The van der Waals surface area contributed by atoms with E-state index >= 15 is 0 Å². The number of hydrogen-bond donors (Lipinski definition) is 2.